The molecule has 2 rings (SSSR count). The van der Waals surface area contributed by atoms with Gasteiger partial charge in [-0.1, -0.05) is 30.3 Å². The van der Waals surface area contributed by atoms with Crippen molar-refractivity contribution in [2.45, 2.75) is 50.9 Å². The lowest BCUT2D eigenvalue weighted by Crippen LogP contribution is -2.31. The van der Waals surface area contributed by atoms with Gasteiger partial charge in [0.15, 0.2) is 0 Å². The Hall–Kier alpha value is -0.860. The average molecular weight is 219 g/mol. The average Bonchev–Trinajstić information content (AvgIpc) is 2.76. The number of aryl methyl sites for hydroxylation is 1. The van der Waals surface area contributed by atoms with Crippen molar-refractivity contribution in [2.75, 3.05) is 0 Å². The van der Waals surface area contributed by atoms with Crippen LogP contribution in [0.2, 0.25) is 0 Å². The third-order valence-corrected chi connectivity index (χ3v) is 3.32. The van der Waals surface area contributed by atoms with E-state index in [9.17, 15) is 0 Å². The van der Waals surface area contributed by atoms with E-state index in [-0.39, 0.29) is 12.1 Å². The molecule has 1 aromatic rings. The zero-order valence-electron chi connectivity index (χ0n) is 9.93. The van der Waals surface area contributed by atoms with Gasteiger partial charge in [-0.2, -0.15) is 0 Å². The SMILES string of the molecule is CC(N)C1CCC(CCc2ccccc2)O1. The molecular formula is C14H21NO. The van der Waals surface area contributed by atoms with Crippen LogP contribution in [0.25, 0.3) is 0 Å². The van der Waals surface area contributed by atoms with Gasteiger partial charge in [-0.25, -0.2) is 0 Å². The summed E-state index contributed by atoms with van der Waals surface area (Å²) in [4.78, 5) is 0. The molecule has 0 aromatic heterocycles. The molecule has 2 nitrogen and oxygen atoms in total. The van der Waals surface area contributed by atoms with Crippen molar-refractivity contribution in [3.05, 3.63) is 35.9 Å². The van der Waals surface area contributed by atoms with Crippen molar-refractivity contribution in [3.8, 4) is 0 Å². The minimum absolute atomic E-state index is 0.168. The Morgan fingerprint density at radius 1 is 1.31 bits per heavy atom. The topological polar surface area (TPSA) is 35.2 Å². The third-order valence-electron chi connectivity index (χ3n) is 3.32. The van der Waals surface area contributed by atoms with Gasteiger partial charge in [-0.05, 0) is 38.2 Å². The maximum absolute atomic E-state index is 5.92. The summed E-state index contributed by atoms with van der Waals surface area (Å²) in [5.41, 5.74) is 7.24. The predicted molar refractivity (Wildman–Crippen MR) is 66.3 cm³/mol. The molecule has 1 aliphatic rings. The van der Waals surface area contributed by atoms with E-state index in [4.69, 9.17) is 10.5 Å². The first-order valence-corrected chi connectivity index (χ1v) is 6.20. The normalized spacial score (nSPS) is 26.9. The fraction of sp³-hybridized carbons (Fsp3) is 0.571. The van der Waals surface area contributed by atoms with E-state index >= 15 is 0 Å². The van der Waals surface area contributed by atoms with E-state index < -0.39 is 0 Å². The Bertz CT molecular complexity index is 310. The largest absolute Gasteiger partial charge is 0.373 e. The number of ether oxygens (including phenoxy) is 1. The van der Waals surface area contributed by atoms with Gasteiger partial charge in [0, 0.05) is 6.04 Å². The van der Waals surface area contributed by atoms with Gasteiger partial charge in [0.1, 0.15) is 0 Å². The molecule has 0 bridgehead atoms. The zero-order valence-corrected chi connectivity index (χ0v) is 9.93. The molecule has 0 saturated carbocycles. The second-order valence-electron chi connectivity index (χ2n) is 4.76. The summed E-state index contributed by atoms with van der Waals surface area (Å²) in [6.07, 6.45) is 5.21. The molecule has 16 heavy (non-hydrogen) atoms. The summed E-state index contributed by atoms with van der Waals surface area (Å²) in [7, 11) is 0. The highest BCUT2D eigenvalue weighted by Crippen LogP contribution is 2.24. The van der Waals surface area contributed by atoms with E-state index in [1.807, 2.05) is 6.92 Å². The van der Waals surface area contributed by atoms with Gasteiger partial charge in [0.25, 0.3) is 0 Å². The van der Waals surface area contributed by atoms with E-state index in [1.54, 1.807) is 0 Å². The standard InChI is InChI=1S/C14H21NO/c1-11(15)14-10-9-13(16-14)8-7-12-5-3-2-4-6-12/h2-6,11,13-14H,7-10,15H2,1H3. The smallest absolute Gasteiger partial charge is 0.0727 e. The lowest BCUT2D eigenvalue weighted by atomic mass is 10.0. The first-order chi connectivity index (χ1) is 7.75. The molecule has 0 spiro atoms. The molecule has 1 saturated heterocycles. The van der Waals surface area contributed by atoms with Gasteiger partial charge in [-0.3, -0.25) is 0 Å². The highest BCUT2D eigenvalue weighted by atomic mass is 16.5. The van der Waals surface area contributed by atoms with Gasteiger partial charge in [0.05, 0.1) is 12.2 Å². The minimum Gasteiger partial charge on any atom is -0.373 e. The molecule has 1 heterocycles. The summed E-state index contributed by atoms with van der Waals surface area (Å²) >= 11 is 0. The van der Waals surface area contributed by atoms with Crippen LogP contribution in [-0.2, 0) is 11.2 Å². The fourth-order valence-electron chi connectivity index (χ4n) is 2.30. The van der Waals surface area contributed by atoms with Crippen molar-refractivity contribution >= 4 is 0 Å². The molecule has 2 heteroatoms. The second kappa shape index (κ2) is 5.46. The number of rotatable bonds is 4. The Kier molecular flexibility index (Phi) is 3.97. The van der Waals surface area contributed by atoms with Crippen LogP contribution >= 0.6 is 0 Å². The first kappa shape index (κ1) is 11.6. The lowest BCUT2D eigenvalue weighted by Gasteiger charge is -2.16. The summed E-state index contributed by atoms with van der Waals surface area (Å²) in [6, 6.07) is 10.8. The Labute approximate surface area is 97.8 Å². The van der Waals surface area contributed by atoms with Crippen LogP contribution in [-0.4, -0.2) is 18.2 Å². The second-order valence-corrected chi connectivity index (χ2v) is 4.76. The number of hydrogen-bond acceptors (Lipinski definition) is 2. The Morgan fingerprint density at radius 2 is 2.06 bits per heavy atom. The van der Waals surface area contributed by atoms with Crippen LogP contribution in [0.3, 0.4) is 0 Å². The van der Waals surface area contributed by atoms with Crippen LogP contribution in [0.4, 0.5) is 0 Å². The van der Waals surface area contributed by atoms with E-state index in [0.717, 1.165) is 19.3 Å². The molecular weight excluding hydrogens is 198 g/mol. The van der Waals surface area contributed by atoms with Crippen molar-refractivity contribution < 1.29 is 4.74 Å². The van der Waals surface area contributed by atoms with E-state index in [0.29, 0.717) is 6.10 Å². The van der Waals surface area contributed by atoms with Crippen molar-refractivity contribution in [1.82, 2.24) is 0 Å². The molecule has 1 aliphatic heterocycles. The minimum atomic E-state index is 0.168. The van der Waals surface area contributed by atoms with Crippen LogP contribution in [0.1, 0.15) is 31.7 Å². The molecule has 1 fully saturated rings. The highest BCUT2D eigenvalue weighted by molar-refractivity contribution is 5.14. The van der Waals surface area contributed by atoms with E-state index in [1.165, 1.54) is 12.0 Å². The van der Waals surface area contributed by atoms with Crippen LogP contribution < -0.4 is 5.73 Å². The monoisotopic (exact) mass is 219 g/mol. The quantitative estimate of drug-likeness (QED) is 0.844. The van der Waals surface area contributed by atoms with Crippen molar-refractivity contribution in [2.24, 2.45) is 5.73 Å². The molecule has 0 amide bonds. The van der Waals surface area contributed by atoms with Crippen LogP contribution in [0.5, 0.6) is 0 Å². The molecule has 88 valence electrons. The Balaban J connectivity index is 1.76. The fourth-order valence-corrected chi connectivity index (χ4v) is 2.30. The van der Waals surface area contributed by atoms with Gasteiger partial charge < -0.3 is 10.5 Å². The van der Waals surface area contributed by atoms with Crippen LogP contribution in [0.15, 0.2) is 30.3 Å². The predicted octanol–water partition coefficient (Wildman–Crippen LogP) is 2.51. The highest BCUT2D eigenvalue weighted by Gasteiger charge is 2.27. The van der Waals surface area contributed by atoms with Gasteiger partial charge in [0.2, 0.25) is 0 Å². The lowest BCUT2D eigenvalue weighted by molar-refractivity contribution is 0.0300. The summed E-state index contributed by atoms with van der Waals surface area (Å²) in [6.45, 7) is 2.03. The Morgan fingerprint density at radius 3 is 2.69 bits per heavy atom. The van der Waals surface area contributed by atoms with Gasteiger partial charge >= 0.3 is 0 Å². The molecule has 3 atom stereocenters. The maximum Gasteiger partial charge on any atom is 0.0727 e. The molecule has 3 unspecified atom stereocenters. The van der Waals surface area contributed by atoms with Crippen molar-refractivity contribution in [3.63, 3.8) is 0 Å². The molecule has 0 aliphatic carbocycles. The van der Waals surface area contributed by atoms with Crippen LogP contribution in [0, 0.1) is 0 Å². The summed E-state index contributed by atoms with van der Waals surface area (Å²) in [5.74, 6) is 0. The molecule has 2 N–H and O–H groups in total. The summed E-state index contributed by atoms with van der Waals surface area (Å²) in [5, 5.41) is 0. The number of nitrogens with two attached hydrogens (primary N) is 1. The first-order valence-electron chi connectivity index (χ1n) is 6.20. The van der Waals surface area contributed by atoms with Crippen molar-refractivity contribution in [1.29, 1.82) is 0 Å². The molecule has 1 aromatic carbocycles. The number of benzene rings is 1. The molecule has 0 radical (unpaired) electrons. The van der Waals surface area contributed by atoms with E-state index in [2.05, 4.69) is 30.3 Å². The zero-order chi connectivity index (χ0) is 11.4. The van der Waals surface area contributed by atoms with Gasteiger partial charge in [-0.15, -0.1) is 0 Å². The number of hydrogen-bond donors (Lipinski definition) is 1. The summed E-state index contributed by atoms with van der Waals surface area (Å²) < 4.78 is 5.92. The third kappa shape index (κ3) is 3.06. The maximum atomic E-state index is 5.92.